The van der Waals surface area contributed by atoms with Crippen LogP contribution in [0.1, 0.15) is 44.0 Å². The fraction of sp³-hybridized carbons (Fsp3) is 0.500. The van der Waals surface area contributed by atoms with Gasteiger partial charge in [0, 0.05) is 13.1 Å². The van der Waals surface area contributed by atoms with Gasteiger partial charge in [-0.2, -0.15) is 0 Å². The van der Waals surface area contributed by atoms with E-state index in [0.29, 0.717) is 11.7 Å². The van der Waals surface area contributed by atoms with Crippen LogP contribution in [-0.4, -0.2) is 18.9 Å². The van der Waals surface area contributed by atoms with Crippen molar-refractivity contribution in [3.8, 4) is 0 Å². The summed E-state index contributed by atoms with van der Waals surface area (Å²) in [5.41, 5.74) is 0.872. The number of halogens is 1. The number of carbonyl (C=O) groups excluding carboxylic acids is 1. The van der Waals surface area contributed by atoms with Crippen molar-refractivity contribution in [3.63, 3.8) is 0 Å². The first kappa shape index (κ1) is 13.7. The van der Waals surface area contributed by atoms with E-state index in [0.717, 1.165) is 12.8 Å². The van der Waals surface area contributed by atoms with Crippen molar-refractivity contribution in [2.45, 2.75) is 39.7 Å². The Morgan fingerprint density at radius 1 is 1.47 bits per heavy atom. The predicted molar refractivity (Wildman–Crippen MR) is 69.2 cm³/mol. The maximum absolute atomic E-state index is 13.7. The first-order valence-corrected chi connectivity index (χ1v) is 6.01. The van der Waals surface area contributed by atoms with Crippen molar-refractivity contribution in [1.82, 2.24) is 0 Å². The SMILES string of the molecule is CCCC(C)N(C)c1cccc(F)c1C(C)=O. The second kappa shape index (κ2) is 5.80. The Bertz CT molecular complexity index is 403. The standard InChI is InChI=1S/C14H20FNO/c1-5-7-10(2)16(4)13-9-6-8-12(15)14(13)11(3)17/h6,8-10H,5,7H2,1-4H3. The lowest BCUT2D eigenvalue weighted by Gasteiger charge is -2.28. The first-order valence-electron chi connectivity index (χ1n) is 6.01. The van der Waals surface area contributed by atoms with Gasteiger partial charge in [0.25, 0.3) is 0 Å². The lowest BCUT2D eigenvalue weighted by atomic mass is 10.1. The number of rotatable bonds is 5. The Hall–Kier alpha value is -1.38. The summed E-state index contributed by atoms with van der Waals surface area (Å²) in [6.45, 7) is 5.60. The van der Waals surface area contributed by atoms with Crippen molar-refractivity contribution >= 4 is 11.5 Å². The highest BCUT2D eigenvalue weighted by Gasteiger charge is 2.18. The predicted octanol–water partition coefficient (Wildman–Crippen LogP) is 3.65. The van der Waals surface area contributed by atoms with Gasteiger partial charge in [0.05, 0.1) is 11.3 Å². The monoisotopic (exact) mass is 237 g/mol. The van der Waals surface area contributed by atoms with Crippen molar-refractivity contribution in [1.29, 1.82) is 0 Å². The fourth-order valence-electron chi connectivity index (χ4n) is 2.00. The maximum Gasteiger partial charge on any atom is 0.164 e. The Labute approximate surface area is 102 Å². The van der Waals surface area contributed by atoms with Crippen LogP contribution in [-0.2, 0) is 0 Å². The molecule has 0 amide bonds. The van der Waals surface area contributed by atoms with Gasteiger partial charge in [-0.1, -0.05) is 19.4 Å². The zero-order valence-corrected chi connectivity index (χ0v) is 11.0. The summed E-state index contributed by atoms with van der Waals surface area (Å²) in [5.74, 6) is -0.667. The number of hydrogen-bond acceptors (Lipinski definition) is 2. The second-order valence-electron chi connectivity index (χ2n) is 4.44. The summed E-state index contributed by atoms with van der Waals surface area (Å²) in [6, 6.07) is 5.07. The van der Waals surface area contributed by atoms with Crippen LogP contribution in [0.25, 0.3) is 0 Å². The van der Waals surface area contributed by atoms with E-state index in [2.05, 4.69) is 13.8 Å². The molecule has 0 fully saturated rings. The van der Waals surface area contributed by atoms with Crippen LogP contribution in [0.15, 0.2) is 18.2 Å². The smallest absolute Gasteiger partial charge is 0.164 e. The fourth-order valence-corrected chi connectivity index (χ4v) is 2.00. The van der Waals surface area contributed by atoms with Gasteiger partial charge < -0.3 is 4.90 Å². The molecule has 0 spiro atoms. The molecule has 0 aliphatic rings. The Morgan fingerprint density at radius 2 is 2.12 bits per heavy atom. The number of Topliss-reactive ketones (excluding diaryl/α,β-unsaturated/α-hetero) is 1. The van der Waals surface area contributed by atoms with E-state index < -0.39 is 5.82 Å². The molecular weight excluding hydrogens is 217 g/mol. The average molecular weight is 237 g/mol. The third-order valence-electron chi connectivity index (χ3n) is 3.09. The number of ketones is 1. The van der Waals surface area contributed by atoms with E-state index in [1.807, 2.05) is 11.9 Å². The summed E-state index contributed by atoms with van der Waals surface area (Å²) in [7, 11) is 1.90. The molecule has 94 valence electrons. The lowest BCUT2D eigenvalue weighted by Crippen LogP contribution is -2.30. The topological polar surface area (TPSA) is 20.3 Å². The number of anilines is 1. The molecule has 0 aliphatic heterocycles. The summed E-state index contributed by atoms with van der Waals surface area (Å²) in [5, 5.41) is 0. The molecule has 0 radical (unpaired) electrons. The van der Waals surface area contributed by atoms with E-state index in [9.17, 15) is 9.18 Å². The summed E-state index contributed by atoms with van der Waals surface area (Å²) >= 11 is 0. The molecule has 1 aromatic rings. The Kier molecular flexibility index (Phi) is 4.67. The quantitative estimate of drug-likeness (QED) is 0.728. The van der Waals surface area contributed by atoms with Crippen LogP contribution in [0.3, 0.4) is 0 Å². The van der Waals surface area contributed by atoms with Gasteiger partial charge in [0.2, 0.25) is 0 Å². The minimum absolute atomic E-state index is 0.193. The van der Waals surface area contributed by atoms with Gasteiger partial charge >= 0.3 is 0 Å². The number of benzene rings is 1. The molecular formula is C14H20FNO. The van der Waals surface area contributed by atoms with Crippen molar-refractivity contribution in [2.75, 3.05) is 11.9 Å². The highest BCUT2D eigenvalue weighted by molar-refractivity contribution is 6.00. The van der Waals surface area contributed by atoms with E-state index in [4.69, 9.17) is 0 Å². The molecule has 3 heteroatoms. The molecule has 0 heterocycles. The first-order chi connectivity index (χ1) is 7.99. The van der Waals surface area contributed by atoms with Crippen LogP contribution in [0, 0.1) is 5.82 Å². The van der Waals surface area contributed by atoms with Crippen LogP contribution in [0.5, 0.6) is 0 Å². The maximum atomic E-state index is 13.7. The van der Waals surface area contributed by atoms with Gasteiger partial charge in [0.15, 0.2) is 5.78 Å². The zero-order valence-electron chi connectivity index (χ0n) is 11.0. The number of carbonyl (C=O) groups is 1. The van der Waals surface area contributed by atoms with E-state index in [1.54, 1.807) is 12.1 Å². The van der Waals surface area contributed by atoms with Gasteiger partial charge in [-0.3, -0.25) is 4.79 Å². The van der Waals surface area contributed by atoms with E-state index in [1.165, 1.54) is 13.0 Å². The zero-order chi connectivity index (χ0) is 13.0. The number of hydrogen-bond donors (Lipinski definition) is 0. The molecule has 0 saturated heterocycles. The van der Waals surface area contributed by atoms with Gasteiger partial charge in [-0.25, -0.2) is 4.39 Å². The largest absolute Gasteiger partial charge is 0.371 e. The Balaban J connectivity index is 3.13. The normalized spacial score (nSPS) is 12.3. The highest BCUT2D eigenvalue weighted by Crippen LogP contribution is 2.25. The van der Waals surface area contributed by atoms with Crippen molar-refractivity contribution in [2.24, 2.45) is 0 Å². The third kappa shape index (κ3) is 3.05. The summed E-state index contributed by atoms with van der Waals surface area (Å²) in [4.78, 5) is 13.5. The lowest BCUT2D eigenvalue weighted by molar-refractivity contribution is 0.101. The van der Waals surface area contributed by atoms with Crippen molar-refractivity contribution in [3.05, 3.63) is 29.6 Å². The molecule has 2 nitrogen and oxygen atoms in total. The molecule has 1 aromatic carbocycles. The molecule has 0 saturated carbocycles. The van der Waals surface area contributed by atoms with Crippen molar-refractivity contribution < 1.29 is 9.18 Å². The molecule has 1 atom stereocenters. The molecule has 0 N–H and O–H groups in total. The second-order valence-corrected chi connectivity index (χ2v) is 4.44. The van der Waals surface area contributed by atoms with Gasteiger partial charge in [-0.15, -0.1) is 0 Å². The molecule has 1 rings (SSSR count). The molecule has 1 unspecified atom stereocenters. The Morgan fingerprint density at radius 3 is 2.65 bits per heavy atom. The molecule has 17 heavy (non-hydrogen) atoms. The summed E-state index contributed by atoms with van der Waals surface area (Å²) in [6.07, 6.45) is 2.08. The highest BCUT2D eigenvalue weighted by atomic mass is 19.1. The van der Waals surface area contributed by atoms with E-state index in [-0.39, 0.29) is 11.3 Å². The summed E-state index contributed by atoms with van der Waals surface area (Å²) < 4.78 is 13.7. The van der Waals surface area contributed by atoms with Crippen LogP contribution >= 0.6 is 0 Å². The van der Waals surface area contributed by atoms with Crippen LogP contribution in [0.2, 0.25) is 0 Å². The number of nitrogens with zero attached hydrogens (tertiary/aromatic N) is 1. The molecule has 0 aliphatic carbocycles. The van der Waals surface area contributed by atoms with Gasteiger partial charge in [0.1, 0.15) is 5.82 Å². The van der Waals surface area contributed by atoms with Gasteiger partial charge in [-0.05, 0) is 32.4 Å². The van der Waals surface area contributed by atoms with Crippen LogP contribution < -0.4 is 4.90 Å². The molecule has 0 bridgehead atoms. The van der Waals surface area contributed by atoms with E-state index >= 15 is 0 Å². The third-order valence-corrected chi connectivity index (χ3v) is 3.09. The van der Waals surface area contributed by atoms with Crippen LogP contribution in [0.4, 0.5) is 10.1 Å². The minimum Gasteiger partial charge on any atom is -0.371 e. The average Bonchev–Trinajstić information content (AvgIpc) is 2.27. The molecule has 0 aromatic heterocycles. The minimum atomic E-state index is -0.439.